The Labute approximate surface area is 96.8 Å². The Bertz CT molecular complexity index is 390. The van der Waals surface area contributed by atoms with Gasteiger partial charge in [0.05, 0.1) is 6.54 Å². The van der Waals surface area contributed by atoms with Crippen molar-refractivity contribution >= 4 is 0 Å². The van der Waals surface area contributed by atoms with E-state index in [1.807, 2.05) is 0 Å². The van der Waals surface area contributed by atoms with Gasteiger partial charge in [-0.05, 0) is 30.4 Å². The molecule has 1 heterocycles. The Morgan fingerprint density at radius 1 is 1.06 bits per heavy atom. The Hall–Kier alpha value is -0.860. The molecule has 1 aromatic rings. The summed E-state index contributed by atoms with van der Waals surface area (Å²) < 4.78 is 0. The summed E-state index contributed by atoms with van der Waals surface area (Å²) in [5.74, 6) is 0. The molecule has 2 heteroatoms. The van der Waals surface area contributed by atoms with Crippen LogP contribution in [-0.2, 0) is 12.8 Å². The lowest BCUT2D eigenvalue weighted by Gasteiger charge is -2.49. The van der Waals surface area contributed by atoms with Crippen LogP contribution in [0.4, 0.5) is 0 Å². The van der Waals surface area contributed by atoms with Gasteiger partial charge in [0.2, 0.25) is 0 Å². The Kier molecular flexibility index (Phi) is 2.49. The first-order chi connectivity index (χ1) is 7.80. The first-order valence-corrected chi connectivity index (χ1v) is 6.40. The van der Waals surface area contributed by atoms with Crippen LogP contribution in [0.2, 0.25) is 0 Å². The minimum absolute atomic E-state index is 0.0204. The zero-order valence-electron chi connectivity index (χ0n) is 9.67. The summed E-state index contributed by atoms with van der Waals surface area (Å²) in [4.78, 5) is 0. The number of nitrogens with one attached hydrogen (secondary N) is 1. The quantitative estimate of drug-likeness (QED) is 0.655. The largest absolute Gasteiger partial charge is 0.634 e. The zero-order chi connectivity index (χ0) is 11.0. The van der Waals surface area contributed by atoms with E-state index in [2.05, 4.69) is 24.3 Å². The van der Waals surface area contributed by atoms with E-state index in [0.717, 1.165) is 38.6 Å². The molecule has 2 atom stereocenters. The van der Waals surface area contributed by atoms with Gasteiger partial charge in [-0.1, -0.05) is 24.3 Å². The van der Waals surface area contributed by atoms with E-state index in [4.69, 9.17) is 0 Å². The van der Waals surface area contributed by atoms with E-state index < -0.39 is 0 Å². The lowest BCUT2D eigenvalue weighted by molar-refractivity contribution is -0.912. The van der Waals surface area contributed by atoms with Crippen LogP contribution in [0, 0.1) is 5.21 Å². The first-order valence-electron chi connectivity index (χ1n) is 6.40. The van der Waals surface area contributed by atoms with Crippen LogP contribution in [0.5, 0.6) is 0 Å². The number of benzene rings is 1. The van der Waals surface area contributed by atoms with Crippen molar-refractivity contribution in [3.8, 4) is 0 Å². The van der Waals surface area contributed by atoms with E-state index in [1.165, 1.54) is 17.5 Å². The van der Waals surface area contributed by atoms with Crippen molar-refractivity contribution in [2.24, 2.45) is 0 Å². The summed E-state index contributed by atoms with van der Waals surface area (Å²) in [6.45, 7) is 0.822. The van der Waals surface area contributed by atoms with Crippen LogP contribution in [0.1, 0.15) is 36.8 Å². The second kappa shape index (κ2) is 3.86. The third-order valence-corrected chi connectivity index (χ3v) is 4.42. The smallest absolute Gasteiger partial charge is 0.102 e. The second-order valence-electron chi connectivity index (χ2n) is 5.36. The molecule has 1 spiro atoms. The SMILES string of the molecule is [O-][NH+]1CCCCC12CCc1ccccc1C2. The lowest BCUT2D eigenvalue weighted by atomic mass is 9.73. The number of hydrogen-bond donors (Lipinski definition) is 1. The number of hydroxylamine groups is 2. The molecule has 1 fully saturated rings. The average molecular weight is 217 g/mol. The van der Waals surface area contributed by atoms with E-state index >= 15 is 0 Å². The molecule has 2 nitrogen and oxygen atoms in total. The van der Waals surface area contributed by atoms with Crippen molar-refractivity contribution in [1.29, 1.82) is 0 Å². The monoisotopic (exact) mass is 217 g/mol. The van der Waals surface area contributed by atoms with Crippen LogP contribution < -0.4 is 5.06 Å². The third kappa shape index (κ3) is 1.57. The van der Waals surface area contributed by atoms with Crippen LogP contribution in [0.25, 0.3) is 0 Å². The molecule has 16 heavy (non-hydrogen) atoms. The molecule has 0 aromatic heterocycles. The van der Waals surface area contributed by atoms with Crippen LogP contribution in [0.3, 0.4) is 0 Å². The third-order valence-electron chi connectivity index (χ3n) is 4.42. The highest BCUT2D eigenvalue weighted by atomic mass is 16.5. The molecule has 0 amide bonds. The Morgan fingerprint density at radius 3 is 2.69 bits per heavy atom. The fourth-order valence-corrected chi connectivity index (χ4v) is 3.41. The predicted molar refractivity (Wildman–Crippen MR) is 64.2 cm³/mol. The van der Waals surface area contributed by atoms with Crippen LogP contribution in [-0.4, -0.2) is 12.1 Å². The topological polar surface area (TPSA) is 27.5 Å². The van der Waals surface area contributed by atoms with Crippen molar-refractivity contribution in [2.45, 2.75) is 44.1 Å². The summed E-state index contributed by atoms with van der Waals surface area (Å²) in [6.07, 6.45) is 6.67. The van der Waals surface area contributed by atoms with Gasteiger partial charge in [0.15, 0.2) is 0 Å². The molecule has 0 bridgehead atoms. The minimum atomic E-state index is 0.0204. The highest BCUT2D eigenvalue weighted by molar-refractivity contribution is 5.31. The molecule has 3 rings (SSSR count). The van der Waals surface area contributed by atoms with Crippen molar-refractivity contribution in [3.63, 3.8) is 0 Å². The highest BCUT2D eigenvalue weighted by Crippen LogP contribution is 2.31. The Balaban J connectivity index is 1.91. The summed E-state index contributed by atoms with van der Waals surface area (Å²) in [7, 11) is 0. The van der Waals surface area contributed by atoms with Crippen LogP contribution >= 0.6 is 0 Å². The summed E-state index contributed by atoms with van der Waals surface area (Å²) in [6, 6.07) is 8.64. The van der Waals surface area contributed by atoms with Crippen molar-refractivity contribution in [2.75, 3.05) is 6.54 Å². The fraction of sp³-hybridized carbons (Fsp3) is 0.571. The van der Waals surface area contributed by atoms with Crippen molar-refractivity contribution in [1.82, 2.24) is 0 Å². The number of quaternary nitrogens is 1. The van der Waals surface area contributed by atoms with Crippen molar-refractivity contribution < 1.29 is 5.06 Å². The minimum Gasteiger partial charge on any atom is -0.634 e. The molecular weight excluding hydrogens is 198 g/mol. The van der Waals surface area contributed by atoms with Gasteiger partial charge in [-0.25, -0.2) is 0 Å². The summed E-state index contributed by atoms with van der Waals surface area (Å²) in [5, 5.41) is 12.7. The Morgan fingerprint density at radius 2 is 1.88 bits per heavy atom. The number of aryl methyl sites for hydroxylation is 1. The molecule has 1 aliphatic heterocycles. The molecule has 1 N–H and O–H groups in total. The van der Waals surface area contributed by atoms with Gasteiger partial charge in [0.1, 0.15) is 5.54 Å². The fourth-order valence-electron chi connectivity index (χ4n) is 3.41. The van der Waals surface area contributed by atoms with Gasteiger partial charge >= 0.3 is 0 Å². The van der Waals surface area contributed by atoms with Crippen LogP contribution in [0.15, 0.2) is 24.3 Å². The molecule has 0 saturated carbocycles. The molecular formula is C14H19NO. The molecule has 1 aliphatic carbocycles. The van der Waals surface area contributed by atoms with Gasteiger partial charge in [-0.3, -0.25) is 0 Å². The maximum Gasteiger partial charge on any atom is 0.102 e. The zero-order valence-corrected chi connectivity index (χ0v) is 9.67. The predicted octanol–water partition coefficient (Wildman–Crippen LogP) is 1.48. The average Bonchev–Trinajstić information content (AvgIpc) is 2.33. The first kappa shape index (κ1) is 10.3. The number of piperidine rings is 1. The maximum atomic E-state index is 12.2. The molecule has 1 aromatic carbocycles. The molecule has 86 valence electrons. The van der Waals surface area contributed by atoms with E-state index in [0.29, 0.717) is 5.06 Å². The van der Waals surface area contributed by atoms with E-state index in [1.54, 1.807) is 0 Å². The highest BCUT2D eigenvalue weighted by Gasteiger charge is 2.41. The summed E-state index contributed by atoms with van der Waals surface area (Å²) in [5.41, 5.74) is 2.91. The van der Waals surface area contributed by atoms with Gasteiger partial charge in [-0.15, -0.1) is 0 Å². The van der Waals surface area contributed by atoms with E-state index in [-0.39, 0.29) is 5.54 Å². The maximum absolute atomic E-state index is 12.2. The molecule has 2 aliphatic rings. The van der Waals surface area contributed by atoms with Gasteiger partial charge in [0.25, 0.3) is 0 Å². The summed E-state index contributed by atoms with van der Waals surface area (Å²) >= 11 is 0. The normalized spacial score (nSPS) is 33.7. The van der Waals surface area contributed by atoms with E-state index in [9.17, 15) is 5.21 Å². The van der Waals surface area contributed by atoms with Gasteiger partial charge in [0, 0.05) is 19.3 Å². The molecule has 0 radical (unpaired) electrons. The number of fused-ring (bicyclic) bond motifs is 1. The molecule has 2 unspecified atom stereocenters. The standard InChI is InChI=1S/C14H19NO/c16-15-10-4-3-8-14(15)9-7-12-5-1-2-6-13(12)11-14/h1-2,5-6,15H,3-4,7-11H2. The molecule has 1 saturated heterocycles. The number of rotatable bonds is 0. The van der Waals surface area contributed by atoms with Gasteiger partial charge < -0.3 is 10.3 Å². The lowest BCUT2D eigenvalue weighted by Crippen LogP contribution is -3.17. The second-order valence-corrected chi connectivity index (χ2v) is 5.36. The number of hydrogen-bond acceptors (Lipinski definition) is 1. The van der Waals surface area contributed by atoms with Crippen molar-refractivity contribution in [3.05, 3.63) is 40.6 Å². The van der Waals surface area contributed by atoms with Gasteiger partial charge in [-0.2, -0.15) is 0 Å².